The Hall–Kier alpha value is -18.5. The highest BCUT2D eigenvalue weighted by Crippen LogP contribution is 2.54. The number of fused-ring (bicyclic) bond motifs is 30. The van der Waals surface area contributed by atoms with Crippen molar-refractivity contribution < 1.29 is 22.1 Å². The molecule has 0 radical (unpaired) electrons. The molecule has 0 amide bonds. The van der Waals surface area contributed by atoms with Gasteiger partial charge in [0.1, 0.15) is 55.8 Å². The maximum absolute atomic E-state index is 6.40. The fourth-order valence-corrected chi connectivity index (χ4v) is 23.2. The monoisotopic (exact) mass is 1820 g/mol. The highest BCUT2D eigenvalue weighted by Gasteiger charge is 2.28. The van der Waals surface area contributed by atoms with E-state index in [2.05, 4.69) is 458 Å². The second-order valence-corrected chi connectivity index (χ2v) is 37.3. The van der Waals surface area contributed by atoms with Gasteiger partial charge in [-0.1, -0.05) is 346 Å². The first-order chi connectivity index (χ1) is 69.9. The lowest BCUT2D eigenvalue weighted by Gasteiger charge is -2.28. The second-order valence-electron chi connectivity index (χ2n) is 36.2. The number of hydrogen-bond donors (Lipinski definition) is 0. The van der Waals surface area contributed by atoms with Crippen LogP contribution in [0.15, 0.2) is 513 Å². The topological polar surface area (TPSA) is 75.4 Å². The van der Waals surface area contributed by atoms with Crippen LogP contribution in [0.25, 0.3) is 228 Å². The Morgan fingerprint density at radius 1 is 0.142 bits per heavy atom. The van der Waals surface area contributed by atoms with Crippen LogP contribution in [0, 0.1) is 0 Å². The summed E-state index contributed by atoms with van der Waals surface area (Å²) in [7, 11) is 0. The van der Waals surface area contributed by atoms with Crippen LogP contribution in [0.4, 0.5) is 51.2 Å². The van der Waals surface area contributed by atoms with Gasteiger partial charge in [-0.05, 0) is 211 Å². The molecule has 24 aromatic carbocycles. The van der Waals surface area contributed by atoms with Crippen LogP contribution in [0.3, 0.4) is 0 Å². The third-order valence-electron chi connectivity index (χ3n) is 28.3. The van der Waals surface area contributed by atoms with E-state index in [1.54, 1.807) is 0 Å². The van der Waals surface area contributed by atoms with Gasteiger partial charge in [0.15, 0.2) is 0 Å². The van der Waals surface area contributed by atoms with Gasteiger partial charge in [-0.25, -0.2) is 0 Å². The molecule has 0 N–H and O–H groups in total. The third kappa shape index (κ3) is 13.5. The van der Waals surface area contributed by atoms with E-state index >= 15 is 0 Å². The third-order valence-corrected chi connectivity index (χ3v) is 29.5. The summed E-state index contributed by atoms with van der Waals surface area (Å²) in [5, 5.41) is 28.2. The van der Waals surface area contributed by atoms with Crippen molar-refractivity contribution in [3.05, 3.63) is 491 Å². The first-order valence-corrected chi connectivity index (χ1v) is 48.6. The summed E-state index contributed by atoms with van der Waals surface area (Å²) >= 11 is 1.86. The van der Waals surface area contributed by atoms with Gasteiger partial charge in [-0.15, -0.1) is 11.3 Å². The van der Waals surface area contributed by atoms with Crippen molar-refractivity contribution in [3.63, 3.8) is 0 Å². The molecule has 0 fully saturated rings. The van der Waals surface area contributed by atoms with E-state index in [1.807, 2.05) is 59.9 Å². The quantitative estimate of drug-likeness (QED) is 0.112. The number of benzene rings is 24. The molecule has 30 rings (SSSR count). The lowest BCUT2D eigenvalue weighted by Crippen LogP contribution is -2.11. The number of thiophene rings is 1. The number of nitrogens with zero attached hydrogens (tertiary/aromatic N) is 3. The van der Waals surface area contributed by atoms with E-state index in [0.717, 1.165) is 161 Å². The highest BCUT2D eigenvalue weighted by atomic mass is 32.1. The van der Waals surface area contributed by atoms with Gasteiger partial charge in [-0.2, -0.15) is 0 Å². The maximum atomic E-state index is 6.40. The zero-order valence-electron chi connectivity index (χ0n) is 76.1. The van der Waals surface area contributed by atoms with E-state index < -0.39 is 0 Å². The van der Waals surface area contributed by atoms with Crippen LogP contribution in [0.2, 0.25) is 0 Å². The van der Waals surface area contributed by atoms with Gasteiger partial charge >= 0.3 is 0 Å². The van der Waals surface area contributed by atoms with Crippen LogP contribution >= 0.6 is 11.3 Å². The molecular formula is C132H81N3O5S. The lowest BCUT2D eigenvalue weighted by molar-refractivity contribution is 0.668. The van der Waals surface area contributed by atoms with Crippen LogP contribution in [0.5, 0.6) is 0 Å². The van der Waals surface area contributed by atoms with Gasteiger partial charge in [-0.3, -0.25) is 0 Å². The predicted octanol–water partition coefficient (Wildman–Crippen LogP) is 39.3. The molecule has 0 saturated carbocycles. The molecule has 0 bridgehead atoms. The van der Waals surface area contributed by atoms with Gasteiger partial charge < -0.3 is 36.8 Å². The number of furan rings is 5. The van der Waals surface area contributed by atoms with E-state index in [-0.39, 0.29) is 0 Å². The molecular weight excluding hydrogens is 1740 g/mol. The minimum absolute atomic E-state index is 0.866. The van der Waals surface area contributed by atoms with Crippen molar-refractivity contribution >= 4 is 257 Å². The molecule has 30 aromatic rings. The van der Waals surface area contributed by atoms with Gasteiger partial charge in [0.25, 0.3) is 0 Å². The maximum Gasteiger partial charge on any atom is 0.137 e. The molecule has 0 saturated heterocycles. The Kier molecular flexibility index (Phi) is 19.0. The molecule has 0 aliphatic carbocycles. The first-order valence-electron chi connectivity index (χ1n) is 47.8. The van der Waals surface area contributed by atoms with Crippen molar-refractivity contribution in [3.8, 4) is 33.4 Å². The molecule has 9 heteroatoms. The predicted molar refractivity (Wildman–Crippen MR) is 594 cm³/mol. The Morgan fingerprint density at radius 3 is 0.929 bits per heavy atom. The Balaban J connectivity index is 0.000000104. The molecule has 8 nitrogen and oxygen atoms in total. The van der Waals surface area contributed by atoms with Gasteiger partial charge in [0, 0.05) is 119 Å². The molecule has 6 aromatic heterocycles. The molecule has 0 aliphatic heterocycles. The van der Waals surface area contributed by atoms with Crippen molar-refractivity contribution in [2.45, 2.75) is 0 Å². The Labute approximate surface area is 812 Å². The summed E-state index contributed by atoms with van der Waals surface area (Å²) < 4.78 is 34.2. The van der Waals surface area contributed by atoms with E-state index in [4.69, 9.17) is 22.1 Å². The normalized spacial score (nSPS) is 11.8. The average Bonchev–Trinajstić information content (AvgIpc) is 1.70. The van der Waals surface area contributed by atoms with Gasteiger partial charge in [0.2, 0.25) is 0 Å². The van der Waals surface area contributed by atoms with Gasteiger partial charge in [0.05, 0.1) is 38.5 Å². The van der Waals surface area contributed by atoms with E-state index in [0.29, 0.717) is 0 Å². The number of rotatable bonds is 12. The summed E-state index contributed by atoms with van der Waals surface area (Å²) in [6, 6.07) is 175. The largest absolute Gasteiger partial charge is 0.456 e. The fourth-order valence-electron chi connectivity index (χ4n) is 22.0. The van der Waals surface area contributed by atoms with Crippen molar-refractivity contribution in [2.75, 3.05) is 14.7 Å². The minimum atomic E-state index is 0.866. The highest BCUT2D eigenvalue weighted by molar-refractivity contribution is 7.26. The molecule has 141 heavy (non-hydrogen) atoms. The number of para-hydroxylation sites is 5. The molecule has 0 spiro atoms. The smallest absolute Gasteiger partial charge is 0.137 e. The fraction of sp³-hybridized carbons (Fsp3) is 0. The minimum Gasteiger partial charge on any atom is -0.456 e. The summed E-state index contributed by atoms with van der Waals surface area (Å²) in [6.45, 7) is 0. The zero-order valence-corrected chi connectivity index (χ0v) is 76.9. The summed E-state index contributed by atoms with van der Waals surface area (Å²) in [4.78, 5) is 7.23. The number of hydrogen-bond acceptors (Lipinski definition) is 9. The van der Waals surface area contributed by atoms with Crippen LogP contribution in [-0.2, 0) is 0 Å². The standard InChI is InChI=1S/2C44H27NO2.C44H27NOS/c1-2-11-28(12-3-1)30-13-8-14-31(27-30)45(37-19-10-22-40-43(37)34-15-4-6-20-38(34)46-40)36-18-9-17-33-32(36)25-23-29-24-26-41-44(42(29)33)35-16-5-7-21-39(35)47-41;1-2-9-28(10-3-1)29-17-21-31(22-18-29)45(32-23-26-41-37(27-32)34-11-4-6-15-39(34)46-41)38-14-8-13-35-33(38)24-19-30-20-25-42-44(43(30)35)36-12-5-7-16-40(36)47-42;1-2-10-28(11-3-1)29-20-24-31(25-21-29)45(38-17-9-15-35-33-12-5-7-19-41(33)47-44(35)38)37-16-8-14-34-32(37)26-22-30-23-27-40-43(42(30)34)36-13-4-6-18-39(36)46-40/h3*1-27H. The molecule has 660 valence electrons. The number of anilines is 9. The summed E-state index contributed by atoms with van der Waals surface area (Å²) in [5.74, 6) is 0. The summed E-state index contributed by atoms with van der Waals surface area (Å²) in [5.41, 5.74) is 26.0. The van der Waals surface area contributed by atoms with E-state index in [9.17, 15) is 0 Å². The van der Waals surface area contributed by atoms with Crippen molar-refractivity contribution in [2.24, 2.45) is 0 Å². The molecule has 6 heterocycles. The van der Waals surface area contributed by atoms with Crippen LogP contribution in [-0.4, -0.2) is 0 Å². The van der Waals surface area contributed by atoms with Crippen molar-refractivity contribution in [1.29, 1.82) is 0 Å². The van der Waals surface area contributed by atoms with Crippen molar-refractivity contribution in [1.82, 2.24) is 0 Å². The SMILES string of the molecule is c1ccc(-c2ccc(N(c3ccc4oc5ccccc5c4c3)c3cccc4c3ccc3ccc5oc6ccccc6c5c34)cc2)cc1.c1ccc(-c2ccc(N(c3cccc4c3ccc3ccc5oc6ccccc6c5c34)c3cccc4c3sc3ccccc34)cc2)cc1.c1ccc(-c2cccc(N(c3cccc4c3ccc3ccc5oc6ccccc6c5c34)c3cccc4oc5ccccc5c34)c2)cc1. The second kappa shape index (κ2) is 33.2. The van der Waals surface area contributed by atoms with Crippen LogP contribution < -0.4 is 14.7 Å². The van der Waals surface area contributed by atoms with E-state index in [1.165, 1.54) is 118 Å². The molecule has 0 atom stereocenters. The summed E-state index contributed by atoms with van der Waals surface area (Å²) in [6.07, 6.45) is 0. The Bertz CT molecular complexity index is 10200. The molecule has 0 unspecified atom stereocenters. The average molecular weight is 1820 g/mol. The zero-order chi connectivity index (χ0) is 92.7. The van der Waals surface area contributed by atoms with Crippen LogP contribution in [0.1, 0.15) is 0 Å². The lowest BCUT2D eigenvalue weighted by atomic mass is 9.96. The Morgan fingerprint density at radius 2 is 0.440 bits per heavy atom. The first kappa shape index (κ1) is 80.9. The molecule has 0 aliphatic rings.